The van der Waals surface area contributed by atoms with Gasteiger partial charge in [-0.2, -0.15) is 12.6 Å². The van der Waals surface area contributed by atoms with E-state index in [4.69, 9.17) is 0 Å². The van der Waals surface area contributed by atoms with Gasteiger partial charge < -0.3 is 4.90 Å². The molecule has 1 aliphatic rings. The molecule has 0 radical (unpaired) electrons. The minimum atomic E-state index is 0.750. The van der Waals surface area contributed by atoms with E-state index in [9.17, 15) is 0 Å². The van der Waals surface area contributed by atoms with E-state index < -0.39 is 0 Å². The Morgan fingerprint density at radius 1 is 1.31 bits per heavy atom. The van der Waals surface area contributed by atoms with Gasteiger partial charge in [-0.3, -0.25) is 0 Å². The fourth-order valence-electron chi connectivity index (χ4n) is 2.44. The summed E-state index contributed by atoms with van der Waals surface area (Å²) in [6.07, 6.45) is 2.53. The third-order valence-corrected chi connectivity index (χ3v) is 3.77. The highest BCUT2D eigenvalue weighted by molar-refractivity contribution is 7.80. The van der Waals surface area contributed by atoms with Crippen LogP contribution in [0.25, 0.3) is 0 Å². The molecular weight excluding hydrogens is 213 g/mol. The normalized spacial score (nSPS) is 21.4. The largest absolute Gasteiger partial charge is 0.303 e. The van der Waals surface area contributed by atoms with Crippen LogP contribution in [0.2, 0.25) is 0 Å². The Morgan fingerprint density at radius 3 is 2.75 bits per heavy atom. The molecule has 1 aromatic carbocycles. The molecule has 0 spiro atoms. The second kappa shape index (κ2) is 5.78. The fraction of sp³-hybridized carbons (Fsp3) is 0.538. The van der Waals surface area contributed by atoms with Crippen molar-refractivity contribution in [2.75, 3.05) is 25.4 Å². The lowest BCUT2D eigenvalue weighted by molar-refractivity contribution is 0.336. The SMILES string of the molecule is Bc1ccc(C2CCN(CCCS)C2)cc1. The first-order chi connectivity index (χ1) is 7.79. The first kappa shape index (κ1) is 12.1. The zero-order valence-electron chi connectivity index (χ0n) is 10.0. The molecule has 0 amide bonds. The summed E-state index contributed by atoms with van der Waals surface area (Å²) in [5.41, 5.74) is 2.87. The molecule has 1 saturated heterocycles. The van der Waals surface area contributed by atoms with E-state index in [-0.39, 0.29) is 0 Å². The summed E-state index contributed by atoms with van der Waals surface area (Å²) in [5, 5.41) is 0. The summed E-state index contributed by atoms with van der Waals surface area (Å²) in [7, 11) is 2.15. The van der Waals surface area contributed by atoms with Gasteiger partial charge in [0.1, 0.15) is 7.85 Å². The number of rotatable bonds is 4. The van der Waals surface area contributed by atoms with Crippen molar-refractivity contribution in [1.82, 2.24) is 4.90 Å². The predicted molar refractivity (Wildman–Crippen MR) is 76.9 cm³/mol. The Morgan fingerprint density at radius 2 is 2.06 bits per heavy atom. The van der Waals surface area contributed by atoms with Gasteiger partial charge in [0.05, 0.1) is 0 Å². The Balaban J connectivity index is 1.90. The van der Waals surface area contributed by atoms with Crippen LogP contribution < -0.4 is 5.46 Å². The second-order valence-electron chi connectivity index (χ2n) is 4.77. The van der Waals surface area contributed by atoms with Gasteiger partial charge >= 0.3 is 0 Å². The topological polar surface area (TPSA) is 3.24 Å². The molecule has 0 N–H and O–H groups in total. The lowest BCUT2D eigenvalue weighted by atomic mass is 9.91. The Hall–Kier alpha value is -0.405. The molecule has 86 valence electrons. The maximum absolute atomic E-state index is 4.27. The van der Waals surface area contributed by atoms with Crippen molar-refractivity contribution in [1.29, 1.82) is 0 Å². The molecule has 1 aromatic rings. The third-order valence-electron chi connectivity index (χ3n) is 3.45. The molecule has 0 aliphatic carbocycles. The summed E-state index contributed by atoms with van der Waals surface area (Å²) in [5.74, 6) is 1.76. The predicted octanol–water partition coefficient (Wildman–Crippen LogP) is 1.05. The maximum atomic E-state index is 4.27. The third kappa shape index (κ3) is 3.05. The highest BCUT2D eigenvalue weighted by atomic mass is 32.1. The first-order valence-electron chi connectivity index (χ1n) is 6.19. The Labute approximate surface area is 105 Å². The average Bonchev–Trinajstić information content (AvgIpc) is 2.76. The molecule has 1 unspecified atom stereocenters. The second-order valence-corrected chi connectivity index (χ2v) is 5.22. The van der Waals surface area contributed by atoms with E-state index in [1.807, 2.05) is 0 Å². The number of hydrogen-bond donors (Lipinski definition) is 1. The number of thiol groups is 1. The lowest BCUT2D eigenvalue weighted by Gasteiger charge is -2.15. The van der Waals surface area contributed by atoms with Crippen LogP contribution in [0.15, 0.2) is 24.3 Å². The first-order valence-corrected chi connectivity index (χ1v) is 6.82. The summed E-state index contributed by atoms with van der Waals surface area (Å²) >= 11 is 4.27. The minimum Gasteiger partial charge on any atom is -0.303 e. The van der Waals surface area contributed by atoms with Crippen molar-refractivity contribution < 1.29 is 0 Å². The van der Waals surface area contributed by atoms with Gasteiger partial charge in [-0.25, -0.2) is 0 Å². The molecule has 1 atom stereocenters. The van der Waals surface area contributed by atoms with Crippen LogP contribution in [0.3, 0.4) is 0 Å². The highest BCUT2D eigenvalue weighted by Crippen LogP contribution is 2.26. The van der Waals surface area contributed by atoms with Gasteiger partial charge in [-0.15, -0.1) is 0 Å². The fourth-order valence-corrected chi connectivity index (χ4v) is 2.58. The van der Waals surface area contributed by atoms with Gasteiger partial charge in [-0.05, 0) is 43.2 Å². The van der Waals surface area contributed by atoms with Crippen LogP contribution in [-0.4, -0.2) is 38.1 Å². The number of hydrogen-bond acceptors (Lipinski definition) is 2. The van der Waals surface area contributed by atoms with E-state index in [0.717, 1.165) is 11.7 Å². The minimum absolute atomic E-state index is 0.750. The van der Waals surface area contributed by atoms with Gasteiger partial charge in [0.25, 0.3) is 0 Å². The van der Waals surface area contributed by atoms with E-state index in [0.29, 0.717) is 0 Å². The molecular formula is C13H20BNS. The summed E-state index contributed by atoms with van der Waals surface area (Å²) in [6, 6.07) is 9.04. The van der Waals surface area contributed by atoms with Gasteiger partial charge in [-0.1, -0.05) is 29.7 Å². The average molecular weight is 233 g/mol. The summed E-state index contributed by atoms with van der Waals surface area (Å²) in [4.78, 5) is 2.57. The number of nitrogens with zero attached hydrogens (tertiary/aromatic N) is 1. The molecule has 1 nitrogen and oxygen atoms in total. The van der Waals surface area contributed by atoms with Crippen molar-refractivity contribution in [3.63, 3.8) is 0 Å². The van der Waals surface area contributed by atoms with Crippen molar-refractivity contribution in [3.8, 4) is 0 Å². The van der Waals surface area contributed by atoms with Crippen molar-refractivity contribution >= 4 is 25.9 Å². The van der Waals surface area contributed by atoms with Crippen LogP contribution in [0.1, 0.15) is 24.3 Å². The number of likely N-dealkylation sites (tertiary alicyclic amines) is 1. The molecule has 0 aromatic heterocycles. The van der Waals surface area contributed by atoms with E-state index in [1.165, 1.54) is 43.5 Å². The highest BCUT2D eigenvalue weighted by Gasteiger charge is 2.22. The van der Waals surface area contributed by atoms with E-state index in [1.54, 1.807) is 0 Å². The molecule has 2 rings (SSSR count). The zero-order chi connectivity index (χ0) is 11.4. The van der Waals surface area contributed by atoms with Crippen LogP contribution in [-0.2, 0) is 0 Å². The van der Waals surface area contributed by atoms with Crippen LogP contribution in [0.5, 0.6) is 0 Å². The zero-order valence-corrected chi connectivity index (χ0v) is 10.9. The van der Waals surface area contributed by atoms with Crippen molar-refractivity contribution in [2.45, 2.75) is 18.8 Å². The quantitative estimate of drug-likeness (QED) is 0.601. The van der Waals surface area contributed by atoms with Gasteiger partial charge in [0.15, 0.2) is 0 Å². The Kier molecular flexibility index (Phi) is 4.36. The van der Waals surface area contributed by atoms with E-state index in [2.05, 4.69) is 49.6 Å². The standard InChI is InChI=1S/C13H20BNS/c14-13-4-2-11(3-5-13)12-6-8-15(10-12)7-1-9-16/h2-5,12,16H,1,6-10,14H2. The maximum Gasteiger partial charge on any atom is 0.139 e. The van der Waals surface area contributed by atoms with Gasteiger partial charge in [0, 0.05) is 6.54 Å². The molecule has 1 fully saturated rings. The van der Waals surface area contributed by atoms with Crippen LogP contribution in [0.4, 0.5) is 0 Å². The Bertz CT molecular complexity index is 325. The smallest absolute Gasteiger partial charge is 0.139 e. The van der Waals surface area contributed by atoms with Crippen LogP contribution in [0, 0.1) is 0 Å². The lowest BCUT2D eigenvalue weighted by Crippen LogP contribution is -2.21. The molecule has 0 saturated carbocycles. The van der Waals surface area contributed by atoms with Crippen LogP contribution >= 0.6 is 12.6 Å². The number of benzene rings is 1. The monoisotopic (exact) mass is 233 g/mol. The molecule has 3 heteroatoms. The summed E-state index contributed by atoms with van der Waals surface area (Å²) in [6.45, 7) is 3.70. The summed E-state index contributed by atoms with van der Waals surface area (Å²) < 4.78 is 0. The van der Waals surface area contributed by atoms with E-state index >= 15 is 0 Å². The molecule has 0 bridgehead atoms. The molecule has 1 aliphatic heterocycles. The van der Waals surface area contributed by atoms with Gasteiger partial charge in [0.2, 0.25) is 0 Å². The molecule has 1 heterocycles. The van der Waals surface area contributed by atoms with Crippen molar-refractivity contribution in [2.24, 2.45) is 0 Å². The van der Waals surface area contributed by atoms with Crippen molar-refractivity contribution in [3.05, 3.63) is 29.8 Å². The molecule has 16 heavy (non-hydrogen) atoms.